The molecule has 2 N–H and O–H groups in total. The van der Waals surface area contributed by atoms with Crippen LogP contribution in [0.1, 0.15) is 29.8 Å². The minimum atomic E-state index is -0.334. The summed E-state index contributed by atoms with van der Waals surface area (Å²) in [6, 6.07) is 5.33. The number of amides is 1. The molecular formula is C21H23N5O4. The van der Waals surface area contributed by atoms with Crippen molar-refractivity contribution in [2.75, 3.05) is 36.5 Å². The van der Waals surface area contributed by atoms with Crippen molar-refractivity contribution < 1.29 is 14.3 Å². The molecule has 9 nitrogen and oxygen atoms in total. The lowest BCUT2D eigenvalue weighted by atomic mass is 10.0. The van der Waals surface area contributed by atoms with Crippen molar-refractivity contribution >= 4 is 22.9 Å². The number of ether oxygens (including phenoxy) is 2. The van der Waals surface area contributed by atoms with Crippen molar-refractivity contribution in [1.29, 1.82) is 0 Å². The predicted octanol–water partition coefficient (Wildman–Crippen LogP) is 1.83. The molecule has 0 aliphatic carbocycles. The summed E-state index contributed by atoms with van der Waals surface area (Å²) in [5.74, 6) is 0.513. The van der Waals surface area contributed by atoms with Crippen LogP contribution in [-0.4, -0.2) is 52.4 Å². The lowest BCUT2D eigenvalue weighted by Crippen LogP contribution is -2.36. The van der Waals surface area contributed by atoms with Gasteiger partial charge in [-0.05, 0) is 19.9 Å². The number of H-pyrrole nitrogens is 1. The van der Waals surface area contributed by atoms with Crippen LogP contribution < -0.4 is 20.5 Å². The lowest BCUT2D eigenvalue weighted by Gasteiger charge is -2.31. The Bertz CT molecular complexity index is 1190. The second kappa shape index (κ2) is 6.88. The number of carbonyl (C=O) groups is 1. The molecule has 0 spiro atoms. The number of hydrogen-bond donors (Lipinski definition) is 2. The minimum absolute atomic E-state index is 0.273. The number of rotatable bonds is 3. The van der Waals surface area contributed by atoms with E-state index in [1.807, 2.05) is 12.1 Å². The quantitative estimate of drug-likeness (QED) is 0.684. The molecule has 0 radical (unpaired) electrons. The number of anilines is 2. The first-order valence-electron chi connectivity index (χ1n) is 9.96. The van der Waals surface area contributed by atoms with E-state index in [1.165, 1.54) is 23.0 Å². The molecule has 4 heterocycles. The van der Waals surface area contributed by atoms with Crippen molar-refractivity contribution in [3.63, 3.8) is 0 Å². The number of hydrogen-bond acceptors (Lipinski definition) is 6. The lowest BCUT2D eigenvalue weighted by molar-refractivity contribution is 0.102. The summed E-state index contributed by atoms with van der Waals surface area (Å²) >= 11 is 0. The average molecular weight is 409 g/mol. The van der Waals surface area contributed by atoms with E-state index in [1.54, 1.807) is 0 Å². The van der Waals surface area contributed by atoms with Crippen LogP contribution in [0.15, 0.2) is 35.4 Å². The molecule has 30 heavy (non-hydrogen) atoms. The van der Waals surface area contributed by atoms with Crippen LogP contribution in [0, 0.1) is 0 Å². The van der Waals surface area contributed by atoms with Gasteiger partial charge in [-0.3, -0.25) is 14.7 Å². The molecule has 1 fully saturated rings. The topological polar surface area (TPSA) is 101 Å². The van der Waals surface area contributed by atoms with Crippen LogP contribution in [0.5, 0.6) is 5.75 Å². The fourth-order valence-corrected chi connectivity index (χ4v) is 4.08. The van der Waals surface area contributed by atoms with Crippen molar-refractivity contribution in [3.8, 4) is 5.75 Å². The Kier molecular flexibility index (Phi) is 4.28. The fourth-order valence-electron chi connectivity index (χ4n) is 4.08. The van der Waals surface area contributed by atoms with E-state index in [2.05, 4.69) is 34.1 Å². The molecule has 2 aromatic heterocycles. The van der Waals surface area contributed by atoms with E-state index in [4.69, 9.17) is 9.47 Å². The van der Waals surface area contributed by atoms with E-state index in [0.717, 1.165) is 36.5 Å². The van der Waals surface area contributed by atoms with Crippen molar-refractivity contribution in [2.24, 2.45) is 0 Å². The van der Waals surface area contributed by atoms with Gasteiger partial charge in [0.25, 0.3) is 11.5 Å². The molecule has 3 aromatic rings. The molecule has 1 amide bonds. The van der Waals surface area contributed by atoms with Crippen molar-refractivity contribution in [2.45, 2.75) is 25.9 Å². The maximum absolute atomic E-state index is 13.1. The molecule has 0 saturated carbocycles. The molecule has 2 aliphatic rings. The summed E-state index contributed by atoms with van der Waals surface area (Å²) in [5.41, 5.74) is 2.70. The Labute approximate surface area is 172 Å². The monoisotopic (exact) mass is 409 g/mol. The summed E-state index contributed by atoms with van der Waals surface area (Å²) in [6.07, 6.45) is 3.65. The van der Waals surface area contributed by atoms with Gasteiger partial charge in [0.05, 0.1) is 24.6 Å². The van der Waals surface area contributed by atoms with Gasteiger partial charge in [-0.25, -0.2) is 9.50 Å². The predicted molar refractivity (Wildman–Crippen MR) is 112 cm³/mol. The van der Waals surface area contributed by atoms with E-state index in [9.17, 15) is 9.59 Å². The van der Waals surface area contributed by atoms with Gasteiger partial charge in [-0.15, -0.1) is 0 Å². The van der Waals surface area contributed by atoms with Crippen molar-refractivity contribution in [3.05, 3.63) is 52.1 Å². The third kappa shape index (κ3) is 3.21. The van der Waals surface area contributed by atoms with Gasteiger partial charge in [0.1, 0.15) is 16.9 Å². The van der Waals surface area contributed by atoms with Crippen LogP contribution in [0.3, 0.4) is 0 Å². The smallest absolute Gasteiger partial charge is 0.272 e. The number of benzene rings is 1. The van der Waals surface area contributed by atoms with E-state index in [0.29, 0.717) is 30.1 Å². The van der Waals surface area contributed by atoms with E-state index >= 15 is 0 Å². The highest BCUT2D eigenvalue weighted by atomic mass is 16.5. The summed E-state index contributed by atoms with van der Waals surface area (Å²) in [6.45, 7) is 6.83. The van der Waals surface area contributed by atoms with E-state index in [-0.39, 0.29) is 17.1 Å². The molecule has 0 unspecified atom stereocenters. The molecule has 0 atom stereocenters. The highest BCUT2D eigenvalue weighted by Gasteiger charge is 2.32. The second-order valence-electron chi connectivity index (χ2n) is 8.20. The summed E-state index contributed by atoms with van der Waals surface area (Å²) in [5, 5.41) is 5.81. The number of carbonyl (C=O) groups excluding carboxylic acids is 1. The highest BCUT2D eigenvalue weighted by molar-refractivity contribution is 6.09. The highest BCUT2D eigenvalue weighted by Crippen LogP contribution is 2.42. The number of aromatic nitrogens is 3. The Balaban J connectivity index is 1.53. The van der Waals surface area contributed by atoms with E-state index < -0.39 is 0 Å². The number of morpholine rings is 1. The van der Waals surface area contributed by atoms with Gasteiger partial charge in [0.2, 0.25) is 0 Å². The summed E-state index contributed by atoms with van der Waals surface area (Å²) < 4.78 is 12.8. The van der Waals surface area contributed by atoms with Crippen molar-refractivity contribution in [1.82, 2.24) is 14.6 Å². The Morgan fingerprint density at radius 1 is 1.27 bits per heavy atom. The largest absolute Gasteiger partial charge is 0.487 e. The molecular weight excluding hydrogens is 386 g/mol. The van der Waals surface area contributed by atoms with Crippen LogP contribution >= 0.6 is 0 Å². The first-order chi connectivity index (χ1) is 14.4. The first kappa shape index (κ1) is 18.7. The Morgan fingerprint density at radius 2 is 2.07 bits per heavy atom. The fraction of sp³-hybridized carbons (Fsp3) is 0.381. The second-order valence-corrected chi connectivity index (χ2v) is 8.20. The third-order valence-corrected chi connectivity index (χ3v) is 5.45. The van der Waals surface area contributed by atoms with Gasteiger partial charge >= 0.3 is 0 Å². The molecule has 2 aliphatic heterocycles. The maximum Gasteiger partial charge on any atom is 0.272 e. The third-order valence-electron chi connectivity index (χ3n) is 5.45. The maximum atomic E-state index is 13.1. The van der Waals surface area contributed by atoms with Gasteiger partial charge in [0, 0.05) is 49.6 Å². The molecule has 1 saturated heterocycles. The number of nitrogens with zero attached hydrogens (tertiary/aromatic N) is 3. The zero-order valence-electron chi connectivity index (χ0n) is 16.9. The van der Waals surface area contributed by atoms with Gasteiger partial charge in [-0.1, -0.05) is 0 Å². The van der Waals surface area contributed by atoms with Gasteiger partial charge in [0.15, 0.2) is 5.65 Å². The van der Waals surface area contributed by atoms with Gasteiger partial charge < -0.3 is 19.7 Å². The Hall–Kier alpha value is -3.33. The molecule has 5 rings (SSSR count). The summed E-state index contributed by atoms with van der Waals surface area (Å²) in [7, 11) is 0. The minimum Gasteiger partial charge on any atom is -0.487 e. The zero-order chi connectivity index (χ0) is 20.9. The number of aromatic amines is 1. The number of nitrogens with one attached hydrogen (secondary N) is 2. The Morgan fingerprint density at radius 3 is 2.87 bits per heavy atom. The van der Waals surface area contributed by atoms with Crippen LogP contribution in [0.2, 0.25) is 0 Å². The normalized spacial score (nSPS) is 17.6. The average Bonchev–Trinajstić information content (AvgIpc) is 3.28. The summed E-state index contributed by atoms with van der Waals surface area (Å²) in [4.78, 5) is 31.4. The zero-order valence-corrected chi connectivity index (χ0v) is 16.9. The number of fused-ring (bicyclic) bond motifs is 2. The molecule has 1 aromatic carbocycles. The molecule has 156 valence electrons. The SMILES string of the molecule is CC1(C)Cc2cc(NC(=O)c3c[nH]n4c(=O)ccnc34)c(N3CCOCC3)cc2O1. The van der Waals surface area contributed by atoms with Crippen LogP contribution in [-0.2, 0) is 11.2 Å². The van der Waals surface area contributed by atoms with Gasteiger partial charge in [-0.2, -0.15) is 0 Å². The standard InChI is InChI=1S/C21H23N5O4/c1-21(2)11-13-9-15(16(10-17(13)30-21)25-5-7-29-8-6-25)24-20(28)14-12-23-26-18(27)3-4-22-19(14)26/h3-4,9-10,12,23H,5-8,11H2,1-2H3,(H,24,28). The molecule has 0 bridgehead atoms. The van der Waals surface area contributed by atoms with Crippen LogP contribution in [0.25, 0.3) is 5.65 Å². The first-order valence-corrected chi connectivity index (χ1v) is 9.96. The molecule has 9 heteroatoms. The van der Waals surface area contributed by atoms with Crippen LogP contribution in [0.4, 0.5) is 11.4 Å².